The molecule has 1 amide bonds. The van der Waals surface area contributed by atoms with Crippen molar-refractivity contribution in [3.63, 3.8) is 0 Å². The third kappa shape index (κ3) is 3.54. The van der Waals surface area contributed by atoms with E-state index in [4.69, 9.17) is 0 Å². The zero-order valence-electron chi connectivity index (χ0n) is 25.9. The fourth-order valence-electron chi connectivity index (χ4n) is 8.54. The lowest BCUT2D eigenvalue weighted by atomic mass is 9.87. The molecule has 4 aromatic carbocycles. The molecule has 0 aliphatic carbocycles. The molecule has 11 heteroatoms. The molecule has 4 aromatic rings. The molecule has 11 nitrogen and oxygen atoms in total. The lowest BCUT2D eigenvalue weighted by Gasteiger charge is -2.53. The molecule has 0 spiro atoms. The molecule has 9 rings (SSSR count). The van der Waals surface area contributed by atoms with Crippen LogP contribution in [0.25, 0.3) is 0 Å². The number of phenols is 3. The van der Waals surface area contributed by atoms with Crippen LogP contribution < -0.4 is 30.2 Å². The van der Waals surface area contributed by atoms with Crippen molar-refractivity contribution in [3.8, 4) is 17.2 Å². The molecule has 0 aromatic heterocycles. The summed E-state index contributed by atoms with van der Waals surface area (Å²) in [5.41, 5.74) is 10.9. The predicted octanol–water partition coefficient (Wildman–Crippen LogP) is 4.58. The molecule has 234 valence electrons. The van der Waals surface area contributed by atoms with Crippen LogP contribution in [-0.4, -0.2) is 60.6 Å². The summed E-state index contributed by atoms with van der Waals surface area (Å²) in [6, 6.07) is 17.0. The Morgan fingerprint density at radius 3 is 2.37 bits per heavy atom. The number of hydrogen-bond donors (Lipinski definition) is 5. The highest BCUT2D eigenvalue weighted by Gasteiger charge is 2.44. The van der Waals surface area contributed by atoms with Gasteiger partial charge in [-0.25, -0.2) is 0 Å². The summed E-state index contributed by atoms with van der Waals surface area (Å²) in [4.78, 5) is 24.4. The van der Waals surface area contributed by atoms with Crippen molar-refractivity contribution < 1.29 is 20.1 Å². The van der Waals surface area contributed by atoms with E-state index >= 15 is 0 Å². The van der Waals surface area contributed by atoms with Gasteiger partial charge in [0.25, 0.3) is 0 Å². The number of anilines is 6. The lowest BCUT2D eigenvalue weighted by molar-refractivity contribution is -0.116. The van der Waals surface area contributed by atoms with E-state index in [1.54, 1.807) is 12.1 Å². The summed E-state index contributed by atoms with van der Waals surface area (Å²) < 4.78 is 0. The average Bonchev–Trinajstić information content (AvgIpc) is 3.36. The summed E-state index contributed by atoms with van der Waals surface area (Å²) in [5.74, 6) is -0.199. The maximum absolute atomic E-state index is 13.2. The summed E-state index contributed by atoms with van der Waals surface area (Å²) in [5, 5.41) is 40.3. The van der Waals surface area contributed by atoms with Crippen molar-refractivity contribution in [1.29, 1.82) is 0 Å². The van der Waals surface area contributed by atoms with Crippen molar-refractivity contribution in [1.82, 2.24) is 4.90 Å². The molecule has 5 aliphatic heterocycles. The fraction of sp³-hybridized carbons (Fsp3) is 0.286. The van der Waals surface area contributed by atoms with E-state index in [2.05, 4.69) is 35.1 Å². The van der Waals surface area contributed by atoms with Crippen molar-refractivity contribution in [2.45, 2.75) is 31.7 Å². The molecule has 46 heavy (non-hydrogen) atoms. The molecule has 0 radical (unpaired) electrons. The second-order valence-corrected chi connectivity index (χ2v) is 13.1. The van der Waals surface area contributed by atoms with Gasteiger partial charge in [-0.05, 0) is 61.6 Å². The largest absolute Gasteiger partial charge is 0.508 e. The number of carbonyl (C=O) groups is 1. The van der Waals surface area contributed by atoms with Gasteiger partial charge in [0, 0.05) is 66.0 Å². The first kappa shape index (κ1) is 27.1. The average molecular weight is 618 g/mol. The number of para-hydroxylation sites is 1. The van der Waals surface area contributed by atoms with Crippen LogP contribution in [0, 0.1) is 0 Å². The zero-order valence-corrected chi connectivity index (χ0v) is 25.9. The number of hydrogen-bond acceptors (Lipinski definition) is 10. The normalized spacial score (nSPS) is 20.1. The maximum Gasteiger partial charge on any atom is 0.236 e. The molecule has 0 saturated carbocycles. The van der Waals surface area contributed by atoms with Gasteiger partial charge >= 0.3 is 0 Å². The van der Waals surface area contributed by atoms with E-state index in [1.807, 2.05) is 63.6 Å². The number of nitrogens with one attached hydrogen (secondary N) is 2. The molecule has 2 unspecified atom stereocenters. The van der Waals surface area contributed by atoms with Gasteiger partial charge in [0.2, 0.25) is 5.91 Å². The Labute approximate surface area is 266 Å². The molecular weight excluding hydrogens is 582 g/mol. The molecule has 5 N–H and O–H groups in total. The Kier molecular flexibility index (Phi) is 5.51. The van der Waals surface area contributed by atoms with E-state index in [0.29, 0.717) is 38.5 Å². The number of carbonyl (C=O) groups excluding carboxylic acids is 1. The van der Waals surface area contributed by atoms with Gasteiger partial charge in [0.05, 0.1) is 36.3 Å². The Morgan fingerprint density at radius 1 is 0.783 bits per heavy atom. The second kappa shape index (κ2) is 9.37. The van der Waals surface area contributed by atoms with Gasteiger partial charge in [-0.15, -0.1) is 0 Å². The second-order valence-electron chi connectivity index (χ2n) is 13.1. The van der Waals surface area contributed by atoms with Crippen LogP contribution in [0.15, 0.2) is 54.6 Å². The highest BCUT2D eigenvalue weighted by atomic mass is 16.3. The van der Waals surface area contributed by atoms with Crippen LogP contribution in [0.1, 0.15) is 45.5 Å². The van der Waals surface area contributed by atoms with Crippen LogP contribution in [-0.2, 0) is 24.4 Å². The maximum atomic E-state index is 13.2. The number of rotatable bonds is 3. The van der Waals surface area contributed by atoms with E-state index in [9.17, 15) is 20.1 Å². The van der Waals surface area contributed by atoms with Crippen molar-refractivity contribution >= 4 is 40.0 Å². The summed E-state index contributed by atoms with van der Waals surface area (Å²) in [6.07, 6.45) is -0.270. The predicted molar refractivity (Wildman–Crippen MR) is 178 cm³/mol. The van der Waals surface area contributed by atoms with E-state index in [-0.39, 0.29) is 29.3 Å². The SMILES string of the molecule is CNc1ccc(O)c2c1CN1CN2Cc2cc(O)c3c(c21)CN1CN3C(N(C)C)c2cc(O)c(C3C(=O)Nc4ccccc43)cc21. The first-order valence-corrected chi connectivity index (χ1v) is 15.6. The van der Waals surface area contributed by atoms with Gasteiger partial charge in [-0.1, -0.05) is 18.2 Å². The van der Waals surface area contributed by atoms with E-state index < -0.39 is 5.92 Å². The highest BCUT2D eigenvalue weighted by molar-refractivity contribution is 6.05. The smallest absolute Gasteiger partial charge is 0.236 e. The number of benzene rings is 4. The summed E-state index contributed by atoms with van der Waals surface area (Å²) >= 11 is 0. The molecular formula is C35H35N7O4. The Hall–Kier alpha value is -5.29. The first-order chi connectivity index (χ1) is 22.2. The summed E-state index contributed by atoms with van der Waals surface area (Å²) in [7, 11) is 5.91. The first-order valence-electron chi connectivity index (χ1n) is 15.6. The van der Waals surface area contributed by atoms with Gasteiger partial charge in [0.1, 0.15) is 23.4 Å². The van der Waals surface area contributed by atoms with Crippen molar-refractivity contribution in [3.05, 3.63) is 88.0 Å². The minimum Gasteiger partial charge on any atom is -0.508 e. The Bertz CT molecular complexity index is 1990. The Morgan fingerprint density at radius 2 is 1.57 bits per heavy atom. The van der Waals surface area contributed by atoms with Gasteiger partial charge < -0.3 is 45.6 Å². The minimum absolute atomic E-state index is 0.0791. The van der Waals surface area contributed by atoms with Crippen LogP contribution in [0.5, 0.6) is 17.2 Å². The minimum atomic E-state index is -0.608. The number of amides is 1. The van der Waals surface area contributed by atoms with E-state index in [0.717, 1.165) is 61.9 Å². The lowest BCUT2D eigenvalue weighted by Crippen LogP contribution is -2.53. The fourth-order valence-corrected chi connectivity index (χ4v) is 8.54. The molecule has 0 saturated heterocycles. The third-order valence-corrected chi connectivity index (χ3v) is 10.3. The van der Waals surface area contributed by atoms with Gasteiger partial charge in [-0.2, -0.15) is 0 Å². The number of nitrogens with zero attached hydrogens (tertiary/aromatic N) is 5. The number of fused-ring (bicyclic) bond motifs is 14. The Balaban J connectivity index is 1.19. The van der Waals surface area contributed by atoms with Crippen LogP contribution in [0.3, 0.4) is 0 Å². The quantitative estimate of drug-likeness (QED) is 0.209. The molecule has 4 bridgehead atoms. The van der Waals surface area contributed by atoms with Crippen LogP contribution in [0.4, 0.5) is 34.1 Å². The molecule has 2 atom stereocenters. The zero-order chi connectivity index (χ0) is 31.6. The molecule has 5 heterocycles. The van der Waals surface area contributed by atoms with Crippen LogP contribution in [0.2, 0.25) is 0 Å². The topological polar surface area (TPSA) is 118 Å². The van der Waals surface area contributed by atoms with Gasteiger partial charge in [-0.3, -0.25) is 9.69 Å². The molecule has 0 fully saturated rings. The number of phenolic OH excluding ortho intramolecular Hbond substituents is 3. The highest BCUT2D eigenvalue weighted by Crippen LogP contribution is 2.55. The van der Waals surface area contributed by atoms with Crippen LogP contribution >= 0.6 is 0 Å². The number of aromatic hydroxyl groups is 3. The van der Waals surface area contributed by atoms with Crippen molar-refractivity contribution in [2.24, 2.45) is 0 Å². The monoisotopic (exact) mass is 617 g/mol. The standard InChI is InChI=1S/C35H35N7O4/c1-36-24-8-9-27(43)32-22(24)14-41-16-40(32)13-18-10-29(45)33-23(31(18)41)15-39-17-42(33)35(38(2)3)20-12-28(44)21(11-26(20)39)30-19-6-4-5-7-25(19)37-34(30)46/h4-12,30,35-36,43-45H,13-17H2,1-3H3,(H,37,46). The summed E-state index contributed by atoms with van der Waals surface area (Å²) in [6.45, 7) is 2.89. The third-order valence-electron chi connectivity index (χ3n) is 10.3. The van der Waals surface area contributed by atoms with Crippen molar-refractivity contribution in [2.75, 3.05) is 64.7 Å². The van der Waals surface area contributed by atoms with E-state index in [1.165, 1.54) is 0 Å². The van der Waals surface area contributed by atoms with Gasteiger partial charge in [0.15, 0.2) is 0 Å². The molecule has 5 aliphatic rings.